The van der Waals surface area contributed by atoms with Crippen molar-refractivity contribution >= 4 is 0 Å². The number of hydrogen-bond acceptors (Lipinski definition) is 3. The summed E-state index contributed by atoms with van der Waals surface area (Å²) in [6.07, 6.45) is -0.263. The van der Waals surface area contributed by atoms with Gasteiger partial charge in [0.25, 0.3) is 0 Å². The lowest BCUT2D eigenvalue weighted by Crippen LogP contribution is -2.59. The highest BCUT2D eigenvalue weighted by Crippen LogP contribution is 2.32. The van der Waals surface area contributed by atoms with Crippen molar-refractivity contribution in [3.8, 4) is 0 Å². The van der Waals surface area contributed by atoms with E-state index in [4.69, 9.17) is 4.74 Å². The molecule has 0 aromatic heterocycles. The molecular formula is C9H17NO2. The molecule has 0 aromatic rings. The van der Waals surface area contributed by atoms with Crippen LogP contribution in [0.2, 0.25) is 0 Å². The largest absolute Gasteiger partial charge is 0.389 e. The Labute approximate surface area is 73.3 Å². The summed E-state index contributed by atoms with van der Waals surface area (Å²) in [5.74, 6) is 0. The minimum absolute atomic E-state index is 0.262. The summed E-state index contributed by atoms with van der Waals surface area (Å²) in [5.41, 5.74) is 0.447. The SMILES string of the molecule is CC1(C)CN([C@@H]2COC[C@H]2O)C1. The predicted octanol–water partition coefficient (Wildman–Crippen LogP) is 0.0879. The van der Waals surface area contributed by atoms with Crippen LogP contribution >= 0.6 is 0 Å². The molecule has 0 saturated carbocycles. The van der Waals surface area contributed by atoms with Crippen molar-refractivity contribution in [2.75, 3.05) is 26.3 Å². The maximum atomic E-state index is 9.53. The Bertz CT molecular complexity index is 173. The maximum Gasteiger partial charge on any atom is 0.0950 e. The highest BCUT2D eigenvalue weighted by atomic mass is 16.5. The van der Waals surface area contributed by atoms with Gasteiger partial charge < -0.3 is 9.84 Å². The Morgan fingerprint density at radius 3 is 2.42 bits per heavy atom. The van der Waals surface area contributed by atoms with Gasteiger partial charge in [-0.2, -0.15) is 0 Å². The van der Waals surface area contributed by atoms with Crippen molar-refractivity contribution in [2.45, 2.75) is 26.0 Å². The minimum atomic E-state index is -0.263. The Morgan fingerprint density at radius 1 is 1.33 bits per heavy atom. The number of likely N-dealkylation sites (tertiary alicyclic amines) is 1. The number of aliphatic hydroxyl groups is 1. The molecule has 2 atom stereocenters. The third kappa shape index (κ3) is 1.37. The molecule has 0 spiro atoms. The van der Waals surface area contributed by atoms with Gasteiger partial charge in [-0.15, -0.1) is 0 Å². The molecule has 0 radical (unpaired) electrons. The van der Waals surface area contributed by atoms with E-state index in [-0.39, 0.29) is 12.1 Å². The summed E-state index contributed by atoms with van der Waals surface area (Å²) in [5, 5.41) is 9.53. The van der Waals surface area contributed by atoms with Crippen LogP contribution in [0.5, 0.6) is 0 Å². The Kier molecular flexibility index (Phi) is 1.90. The second-order valence-corrected chi connectivity index (χ2v) is 4.74. The summed E-state index contributed by atoms with van der Waals surface area (Å²) >= 11 is 0. The van der Waals surface area contributed by atoms with E-state index in [9.17, 15) is 5.11 Å². The van der Waals surface area contributed by atoms with Crippen LogP contribution in [0.15, 0.2) is 0 Å². The number of ether oxygens (including phenoxy) is 1. The molecule has 2 fully saturated rings. The standard InChI is InChI=1S/C9H17NO2/c1-9(2)5-10(6-9)7-3-12-4-8(7)11/h7-8,11H,3-6H2,1-2H3/t7-,8-/m1/s1. The van der Waals surface area contributed by atoms with Crippen molar-refractivity contribution in [3.63, 3.8) is 0 Å². The van der Waals surface area contributed by atoms with Gasteiger partial charge >= 0.3 is 0 Å². The molecule has 70 valence electrons. The van der Waals surface area contributed by atoms with Crippen molar-refractivity contribution in [1.29, 1.82) is 0 Å². The third-order valence-electron chi connectivity index (χ3n) is 2.75. The minimum Gasteiger partial charge on any atom is -0.389 e. The summed E-state index contributed by atoms with van der Waals surface area (Å²) in [6.45, 7) is 7.92. The van der Waals surface area contributed by atoms with Crippen molar-refractivity contribution in [3.05, 3.63) is 0 Å². The molecule has 2 heterocycles. The average molecular weight is 171 g/mol. The van der Waals surface area contributed by atoms with Gasteiger partial charge in [-0.1, -0.05) is 13.8 Å². The molecule has 3 nitrogen and oxygen atoms in total. The number of nitrogens with zero attached hydrogens (tertiary/aromatic N) is 1. The Balaban J connectivity index is 1.87. The van der Waals surface area contributed by atoms with Crippen LogP contribution in [-0.2, 0) is 4.74 Å². The van der Waals surface area contributed by atoms with E-state index in [1.165, 1.54) is 0 Å². The Hall–Kier alpha value is -0.120. The van der Waals surface area contributed by atoms with Crippen LogP contribution in [0, 0.1) is 5.41 Å². The van der Waals surface area contributed by atoms with Crippen molar-refractivity contribution < 1.29 is 9.84 Å². The molecule has 2 rings (SSSR count). The van der Waals surface area contributed by atoms with Crippen molar-refractivity contribution in [1.82, 2.24) is 4.90 Å². The first-order chi connectivity index (χ1) is 5.58. The number of hydrogen-bond donors (Lipinski definition) is 1. The topological polar surface area (TPSA) is 32.7 Å². The van der Waals surface area contributed by atoms with Gasteiger partial charge in [-0.25, -0.2) is 0 Å². The lowest BCUT2D eigenvalue weighted by atomic mass is 9.83. The van der Waals surface area contributed by atoms with Gasteiger partial charge in [-0.3, -0.25) is 4.90 Å². The molecule has 0 bridgehead atoms. The van der Waals surface area contributed by atoms with Crippen LogP contribution in [0.25, 0.3) is 0 Å². The van der Waals surface area contributed by atoms with E-state index in [0.29, 0.717) is 18.6 Å². The van der Waals surface area contributed by atoms with Gasteiger partial charge in [0.05, 0.1) is 25.4 Å². The highest BCUT2D eigenvalue weighted by Gasteiger charge is 2.42. The van der Waals surface area contributed by atoms with Gasteiger partial charge in [0.2, 0.25) is 0 Å². The van der Waals surface area contributed by atoms with E-state index in [0.717, 1.165) is 13.1 Å². The summed E-state index contributed by atoms with van der Waals surface area (Å²) in [4.78, 5) is 2.32. The molecule has 12 heavy (non-hydrogen) atoms. The molecule has 3 heteroatoms. The first-order valence-corrected chi connectivity index (χ1v) is 4.58. The predicted molar refractivity (Wildman–Crippen MR) is 46.0 cm³/mol. The molecule has 2 aliphatic rings. The molecule has 2 saturated heterocycles. The van der Waals surface area contributed by atoms with Crippen molar-refractivity contribution in [2.24, 2.45) is 5.41 Å². The quantitative estimate of drug-likeness (QED) is 0.607. The van der Waals surface area contributed by atoms with Gasteiger partial charge in [-0.05, 0) is 5.41 Å². The van der Waals surface area contributed by atoms with Crippen LogP contribution < -0.4 is 0 Å². The first-order valence-electron chi connectivity index (χ1n) is 4.58. The third-order valence-corrected chi connectivity index (χ3v) is 2.75. The second-order valence-electron chi connectivity index (χ2n) is 4.74. The molecule has 2 aliphatic heterocycles. The molecule has 0 aromatic carbocycles. The van der Waals surface area contributed by atoms with E-state index < -0.39 is 0 Å². The van der Waals surface area contributed by atoms with E-state index >= 15 is 0 Å². The monoisotopic (exact) mass is 171 g/mol. The fraction of sp³-hybridized carbons (Fsp3) is 1.00. The molecule has 1 N–H and O–H groups in total. The van der Waals surface area contributed by atoms with Crippen LogP contribution in [0.3, 0.4) is 0 Å². The normalized spacial score (nSPS) is 41.2. The highest BCUT2D eigenvalue weighted by molar-refractivity contribution is 4.95. The zero-order valence-corrected chi connectivity index (χ0v) is 7.79. The fourth-order valence-corrected chi connectivity index (χ4v) is 2.17. The first kappa shape index (κ1) is 8.48. The van der Waals surface area contributed by atoms with Gasteiger partial charge in [0.1, 0.15) is 0 Å². The van der Waals surface area contributed by atoms with Gasteiger partial charge in [0, 0.05) is 13.1 Å². The zero-order valence-electron chi connectivity index (χ0n) is 7.79. The summed E-state index contributed by atoms with van der Waals surface area (Å²) in [7, 11) is 0. The van der Waals surface area contributed by atoms with Crippen LogP contribution in [0.1, 0.15) is 13.8 Å². The number of aliphatic hydroxyl groups excluding tert-OH is 1. The fourth-order valence-electron chi connectivity index (χ4n) is 2.17. The van der Waals surface area contributed by atoms with E-state index in [2.05, 4.69) is 18.7 Å². The van der Waals surface area contributed by atoms with Crippen LogP contribution in [0.4, 0.5) is 0 Å². The summed E-state index contributed by atoms with van der Waals surface area (Å²) < 4.78 is 5.20. The summed E-state index contributed by atoms with van der Waals surface area (Å²) in [6, 6.07) is 0.262. The smallest absolute Gasteiger partial charge is 0.0950 e. The average Bonchev–Trinajstić information content (AvgIpc) is 2.30. The lowest BCUT2D eigenvalue weighted by molar-refractivity contribution is -0.0359. The molecule has 0 unspecified atom stereocenters. The Morgan fingerprint density at radius 2 is 2.00 bits per heavy atom. The second kappa shape index (κ2) is 2.69. The van der Waals surface area contributed by atoms with E-state index in [1.54, 1.807) is 0 Å². The molecule has 0 amide bonds. The van der Waals surface area contributed by atoms with Crippen LogP contribution in [-0.4, -0.2) is 48.5 Å². The molecular weight excluding hydrogens is 154 g/mol. The number of rotatable bonds is 1. The maximum absolute atomic E-state index is 9.53. The molecule has 0 aliphatic carbocycles. The van der Waals surface area contributed by atoms with Gasteiger partial charge in [0.15, 0.2) is 0 Å². The van der Waals surface area contributed by atoms with E-state index in [1.807, 2.05) is 0 Å². The zero-order chi connectivity index (χ0) is 8.77. The lowest BCUT2D eigenvalue weighted by Gasteiger charge is -2.49.